The van der Waals surface area contributed by atoms with Crippen molar-refractivity contribution in [1.82, 2.24) is 20.3 Å². The van der Waals surface area contributed by atoms with Crippen LogP contribution < -0.4 is 10.6 Å². The maximum absolute atomic E-state index is 5.90. The first-order chi connectivity index (χ1) is 8.33. The van der Waals surface area contributed by atoms with E-state index in [9.17, 15) is 0 Å². The lowest BCUT2D eigenvalue weighted by Gasteiger charge is -2.24. The van der Waals surface area contributed by atoms with E-state index in [1.54, 1.807) is 0 Å². The Labute approximate surface area is 116 Å². The largest absolute Gasteiger partial charge is 0.365 e. The molecule has 5 nitrogen and oxygen atoms in total. The van der Waals surface area contributed by atoms with Crippen LogP contribution in [-0.4, -0.2) is 34.1 Å². The minimum absolute atomic E-state index is 0. The number of hydrogen-bond acceptors (Lipinski definition) is 4. The molecule has 0 radical (unpaired) electrons. The molecule has 1 unspecified atom stereocenters. The molecule has 1 aliphatic rings. The van der Waals surface area contributed by atoms with Crippen LogP contribution in [0.4, 0.5) is 5.82 Å². The van der Waals surface area contributed by atoms with Gasteiger partial charge in [0.2, 0.25) is 5.28 Å². The molecule has 98 valence electrons. The second-order valence-electron chi connectivity index (χ2n) is 4.27. The number of H-pyrrole nitrogens is 1. The smallest absolute Gasteiger partial charge is 0.226 e. The van der Waals surface area contributed by atoms with Crippen LogP contribution >= 0.6 is 24.0 Å². The lowest BCUT2D eigenvalue weighted by molar-refractivity contribution is 0.479. The van der Waals surface area contributed by atoms with Crippen molar-refractivity contribution in [2.75, 3.05) is 18.4 Å². The molecule has 0 spiro atoms. The van der Waals surface area contributed by atoms with Crippen LogP contribution in [0.1, 0.15) is 12.8 Å². The summed E-state index contributed by atoms with van der Waals surface area (Å²) in [4.78, 5) is 11.4. The molecule has 1 aliphatic heterocycles. The highest BCUT2D eigenvalue weighted by Crippen LogP contribution is 2.22. The molecule has 1 fully saturated rings. The summed E-state index contributed by atoms with van der Waals surface area (Å²) >= 11 is 5.90. The fraction of sp³-hybridized carbons (Fsp3) is 0.455. The van der Waals surface area contributed by atoms with E-state index in [2.05, 4.69) is 25.6 Å². The van der Waals surface area contributed by atoms with Crippen LogP contribution in [0.15, 0.2) is 12.3 Å². The molecule has 0 aliphatic carbocycles. The number of anilines is 1. The van der Waals surface area contributed by atoms with Crippen LogP contribution in [0.2, 0.25) is 5.28 Å². The Morgan fingerprint density at radius 3 is 3.06 bits per heavy atom. The van der Waals surface area contributed by atoms with Gasteiger partial charge < -0.3 is 15.6 Å². The molecular weight excluding hydrogens is 273 g/mol. The lowest BCUT2D eigenvalue weighted by Crippen LogP contribution is -2.38. The van der Waals surface area contributed by atoms with E-state index in [1.807, 2.05) is 12.3 Å². The van der Waals surface area contributed by atoms with Crippen molar-refractivity contribution in [2.24, 2.45) is 0 Å². The van der Waals surface area contributed by atoms with Gasteiger partial charge in [-0.2, -0.15) is 4.98 Å². The van der Waals surface area contributed by atoms with E-state index in [1.165, 1.54) is 6.42 Å². The Kier molecular flexibility index (Phi) is 4.27. The minimum atomic E-state index is 0. The minimum Gasteiger partial charge on any atom is -0.365 e. The highest BCUT2D eigenvalue weighted by molar-refractivity contribution is 6.28. The third-order valence-corrected chi connectivity index (χ3v) is 3.20. The number of nitrogens with one attached hydrogen (secondary N) is 3. The Morgan fingerprint density at radius 1 is 1.39 bits per heavy atom. The molecule has 3 N–H and O–H groups in total. The van der Waals surface area contributed by atoms with Crippen molar-refractivity contribution in [1.29, 1.82) is 0 Å². The van der Waals surface area contributed by atoms with Crippen molar-refractivity contribution >= 4 is 40.9 Å². The molecular formula is C11H15Cl2N5. The van der Waals surface area contributed by atoms with Crippen molar-refractivity contribution in [3.8, 4) is 0 Å². The average Bonchev–Trinajstić information content (AvgIpc) is 2.78. The zero-order valence-corrected chi connectivity index (χ0v) is 11.3. The summed E-state index contributed by atoms with van der Waals surface area (Å²) in [5, 5.41) is 8.05. The van der Waals surface area contributed by atoms with Crippen molar-refractivity contribution < 1.29 is 0 Å². The van der Waals surface area contributed by atoms with Crippen LogP contribution in [0.3, 0.4) is 0 Å². The summed E-state index contributed by atoms with van der Waals surface area (Å²) in [6.07, 6.45) is 4.19. The molecule has 18 heavy (non-hydrogen) atoms. The summed E-state index contributed by atoms with van der Waals surface area (Å²) in [5.41, 5.74) is 0.774. The normalized spacial score (nSPS) is 19.5. The Balaban J connectivity index is 0.00000120. The number of aromatic amines is 1. The van der Waals surface area contributed by atoms with Crippen LogP contribution in [-0.2, 0) is 0 Å². The van der Waals surface area contributed by atoms with Crippen LogP contribution in [0.25, 0.3) is 11.0 Å². The summed E-state index contributed by atoms with van der Waals surface area (Å²) in [6, 6.07) is 2.37. The fourth-order valence-electron chi connectivity index (χ4n) is 2.19. The summed E-state index contributed by atoms with van der Waals surface area (Å²) in [5.74, 6) is 0.815. The molecule has 1 atom stereocenters. The second-order valence-corrected chi connectivity index (χ2v) is 4.61. The van der Waals surface area contributed by atoms with Gasteiger partial charge in [0.1, 0.15) is 11.5 Å². The van der Waals surface area contributed by atoms with Crippen molar-refractivity contribution in [3.05, 3.63) is 17.5 Å². The van der Waals surface area contributed by atoms with Crippen molar-refractivity contribution in [3.63, 3.8) is 0 Å². The number of halogens is 2. The van der Waals surface area contributed by atoms with Gasteiger partial charge in [0, 0.05) is 18.8 Å². The predicted octanol–water partition coefficient (Wildman–Crippen LogP) is 2.20. The zero-order valence-electron chi connectivity index (χ0n) is 9.74. The SMILES string of the molecule is Cl.Clc1nc(NC2CCCNC2)c2cc[nH]c2n1. The van der Waals surface area contributed by atoms with E-state index in [4.69, 9.17) is 11.6 Å². The summed E-state index contributed by atoms with van der Waals surface area (Å²) in [6.45, 7) is 2.07. The van der Waals surface area contributed by atoms with Crippen LogP contribution in [0, 0.1) is 0 Å². The van der Waals surface area contributed by atoms with Crippen molar-refractivity contribution in [2.45, 2.75) is 18.9 Å². The first-order valence-corrected chi connectivity index (χ1v) is 6.18. The summed E-state index contributed by atoms with van der Waals surface area (Å²) in [7, 11) is 0. The third-order valence-electron chi connectivity index (χ3n) is 3.03. The molecule has 0 saturated carbocycles. The maximum Gasteiger partial charge on any atom is 0.226 e. The Morgan fingerprint density at radius 2 is 2.28 bits per heavy atom. The third kappa shape index (κ3) is 2.68. The van der Waals surface area contributed by atoms with E-state index >= 15 is 0 Å². The number of rotatable bonds is 2. The van der Waals surface area contributed by atoms with Gasteiger partial charge in [-0.1, -0.05) is 0 Å². The first kappa shape index (κ1) is 13.4. The quantitative estimate of drug-likeness (QED) is 0.741. The molecule has 3 rings (SSSR count). The molecule has 3 heterocycles. The molecule has 2 aromatic rings. The molecule has 0 amide bonds. The van der Waals surface area contributed by atoms with Gasteiger partial charge in [0.15, 0.2) is 0 Å². The molecule has 7 heteroatoms. The molecule has 1 saturated heterocycles. The highest BCUT2D eigenvalue weighted by atomic mass is 35.5. The van der Waals surface area contributed by atoms with Gasteiger partial charge in [0.25, 0.3) is 0 Å². The lowest BCUT2D eigenvalue weighted by atomic mass is 10.1. The zero-order chi connectivity index (χ0) is 11.7. The molecule has 2 aromatic heterocycles. The second kappa shape index (κ2) is 5.73. The number of hydrogen-bond donors (Lipinski definition) is 3. The van der Waals surface area contributed by atoms with Gasteiger partial charge in [-0.25, -0.2) is 4.98 Å². The topological polar surface area (TPSA) is 65.6 Å². The maximum atomic E-state index is 5.90. The monoisotopic (exact) mass is 287 g/mol. The number of piperidine rings is 1. The van der Waals surface area contributed by atoms with E-state index in [0.717, 1.165) is 36.4 Å². The van der Waals surface area contributed by atoms with Gasteiger partial charge >= 0.3 is 0 Å². The van der Waals surface area contributed by atoms with E-state index in [-0.39, 0.29) is 17.7 Å². The van der Waals surface area contributed by atoms with E-state index in [0.29, 0.717) is 6.04 Å². The van der Waals surface area contributed by atoms with Gasteiger partial charge in [-0.05, 0) is 37.1 Å². The number of fused-ring (bicyclic) bond motifs is 1. The van der Waals surface area contributed by atoms with Crippen LogP contribution in [0.5, 0.6) is 0 Å². The summed E-state index contributed by atoms with van der Waals surface area (Å²) < 4.78 is 0. The van der Waals surface area contributed by atoms with Gasteiger partial charge in [-0.15, -0.1) is 12.4 Å². The number of aromatic nitrogens is 3. The Hall–Kier alpha value is -1.04. The predicted molar refractivity (Wildman–Crippen MR) is 75.7 cm³/mol. The molecule has 0 bridgehead atoms. The highest BCUT2D eigenvalue weighted by Gasteiger charge is 2.15. The fourth-order valence-corrected chi connectivity index (χ4v) is 2.36. The van der Waals surface area contributed by atoms with Gasteiger partial charge in [0.05, 0.1) is 5.39 Å². The standard InChI is InChI=1S/C11H14ClN5.ClH/c12-11-16-9-8(3-5-14-9)10(17-11)15-7-2-1-4-13-6-7;/h3,5,7,13H,1-2,4,6H2,(H2,14,15,16,17);1H. The number of nitrogens with zero attached hydrogens (tertiary/aromatic N) is 2. The molecule has 0 aromatic carbocycles. The van der Waals surface area contributed by atoms with E-state index < -0.39 is 0 Å². The Bertz CT molecular complexity index is 521. The van der Waals surface area contributed by atoms with Gasteiger partial charge in [-0.3, -0.25) is 0 Å². The average molecular weight is 288 g/mol. The first-order valence-electron chi connectivity index (χ1n) is 5.81.